The van der Waals surface area contributed by atoms with Gasteiger partial charge in [-0.25, -0.2) is 0 Å². The van der Waals surface area contributed by atoms with Crippen molar-refractivity contribution >= 4 is 23.3 Å². The van der Waals surface area contributed by atoms with Gasteiger partial charge in [0.1, 0.15) is 0 Å². The minimum Gasteiger partial charge on any atom is -0.396 e. The lowest BCUT2D eigenvalue weighted by Crippen LogP contribution is -2.44. The number of likely N-dealkylation sites (tertiary alicyclic amines) is 1. The number of amides is 2. The Kier molecular flexibility index (Phi) is 7.09. The number of carbonyl (C=O) groups excluding carboxylic acids is 3. The molecule has 1 unspecified atom stereocenters. The average molecular weight is 358 g/mol. The molecule has 1 atom stereocenters. The second kappa shape index (κ2) is 9.29. The Morgan fingerprint density at radius 3 is 2.50 bits per heavy atom. The molecule has 1 aromatic carbocycles. The molecular formula is C20H26N2O4. The van der Waals surface area contributed by atoms with E-state index in [0.29, 0.717) is 29.8 Å². The number of aliphatic hydroxyl groups is 1. The first kappa shape index (κ1) is 19.8. The second-order valence-corrected chi connectivity index (χ2v) is 6.61. The molecule has 2 rings (SSSR count). The van der Waals surface area contributed by atoms with Crippen molar-refractivity contribution in [3.05, 3.63) is 41.5 Å². The van der Waals surface area contributed by atoms with Crippen molar-refractivity contribution in [3.8, 4) is 0 Å². The maximum atomic E-state index is 12.6. The number of benzene rings is 1. The molecule has 1 fully saturated rings. The molecule has 140 valence electrons. The zero-order chi connectivity index (χ0) is 19.1. The Labute approximate surface area is 153 Å². The minimum atomic E-state index is -0.387. The van der Waals surface area contributed by atoms with Crippen molar-refractivity contribution in [1.82, 2.24) is 4.90 Å². The third kappa shape index (κ3) is 5.26. The van der Waals surface area contributed by atoms with Crippen LogP contribution < -0.4 is 5.32 Å². The van der Waals surface area contributed by atoms with Gasteiger partial charge in [-0.2, -0.15) is 0 Å². The number of carbonyl (C=O) groups is 3. The molecule has 0 bridgehead atoms. The van der Waals surface area contributed by atoms with Gasteiger partial charge in [0.05, 0.1) is 0 Å². The number of Topliss-reactive ketones (excluding diaryl/α,β-unsaturated/α-hetero) is 1. The number of nitrogens with zero attached hydrogens (tertiary/aromatic N) is 1. The number of rotatable bonds is 6. The van der Waals surface area contributed by atoms with Crippen LogP contribution in [-0.2, 0) is 9.59 Å². The van der Waals surface area contributed by atoms with Crippen LogP contribution in [0.15, 0.2) is 35.9 Å². The smallest absolute Gasteiger partial charge is 0.249 e. The van der Waals surface area contributed by atoms with E-state index in [1.807, 2.05) is 0 Å². The number of anilines is 1. The van der Waals surface area contributed by atoms with Gasteiger partial charge in [0.25, 0.3) is 0 Å². The van der Waals surface area contributed by atoms with Crippen LogP contribution in [0.4, 0.5) is 5.69 Å². The third-order valence-electron chi connectivity index (χ3n) is 4.59. The van der Waals surface area contributed by atoms with Gasteiger partial charge in [-0.15, -0.1) is 0 Å². The first-order chi connectivity index (χ1) is 12.4. The first-order valence-corrected chi connectivity index (χ1v) is 8.94. The summed E-state index contributed by atoms with van der Waals surface area (Å²) >= 11 is 0. The van der Waals surface area contributed by atoms with E-state index in [0.717, 1.165) is 19.3 Å². The highest BCUT2D eigenvalue weighted by atomic mass is 16.3. The molecule has 0 radical (unpaired) electrons. The van der Waals surface area contributed by atoms with Crippen LogP contribution in [0.5, 0.6) is 0 Å². The van der Waals surface area contributed by atoms with Crippen LogP contribution in [0.3, 0.4) is 0 Å². The minimum absolute atomic E-state index is 0.0341. The highest BCUT2D eigenvalue weighted by molar-refractivity contribution is 6.06. The van der Waals surface area contributed by atoms with Crippen molar-refractivity contribution in [2.24, 2.45) is 0 Å². The third-order valence-corrected chi connectivity index (χ3v) is 4.59. The molecule has 6 heteroatoms. The van der Waals surface area contributed by atoms with Crippen molar-refractivity contribution in [3.63, 3.8) is 0 Å². The van der Waals surface area contributed by atoms with E-state index in [9.17, 15) is 19.5 Å². The molecular weight excluding hydrogens is 332 g/mol. The van der Waals surface area contributed by atoms with Crippen molar-refractivity contribution < 1.29 is 19.5 Å². The van der Waals surface area contributed by atoms with Crippen molar-refractivity contribution in [2.45, 2.75) is 45.6 Å². The molecule has 2 N–H and O–H groups in total. The van der Waals surface area contributed by atoms with Crippen LogP contribution in [0.2, 0.25) is 0 Å². The fourth-order valence-electron chi connectivity index (χ4n) is 3.17. The maximum absolute atomic E-state index is 12.6. The Bertz CT molecular complexity index is 692. The van der Waals surface area contributed by atoms with E-state index < -0.39 is 0 Å². The van der Waals surface area contributed by atoms with Crippen molar-refractivity contribution in [2.75, 3.05) is 18.5 Å². The van der Waals surface area contributed by atoms with Crippen LogP contribution in [0.25, 0.3) is 0 Å². The standard InChI is InChI=1S/C20H26N2O4/c1-14(20(26)22-11-4-3-5-18(22)10-12-23)13-19(25)21-17-8-6-16(7-9-17)15(2)24/h6-9,13,18,23H,3-5,10-12H2,1-2H3,(H,21,25)/b14-13-. The summed E-state index contributed by atoms with van der Waals surface area (Å²) in [6, 6.07) is 6.63. The molecule has 1 saturated heterocycles. The Morgan fingerprint density at radius 1 is 1.19 bits per heavy atom. The molecule has 1 aliphatic rings. The van der Waals surface area contributed by atoms with Gasteiger partial charge in [-0.1, -0.05) is 0 Å². The van der Waals surface area contributed by atoms with E-state index in [1.165, 1.54) is 13.0 Å². The van der Waals surface area contributed by atoms with Crippen molar-refractivity contribution in [1.29, 1.82) is 0 Å². The largest absolute Gasteiger partial charge is 0.396 e. The van der Waals surface area contributed by atoms with Crippen LogP contribution in [-0.4, -0.2) is 46.8 Å². The summed E-state index contributed by atoms with van der Waals surface area (Å²) in [5.74, 6) is -0.587. The van der Waals surface area contributed by atoms with E-state index in [4.69, 9.17) is 0 Å². The summed E-state index contributed by atoms with van der Waals surface area (Å²) in [7, 11) is 0. The van der Waals surface area contributed by atoms with Crippen LogP contribution >= 0.6 is 0 Å². The molecule has 1 aliphatic heterocycles. The lowest BCUT2D eigenvalue weighted by molar-refractivity contribution is -0.131. The van der Waals surface area contributed by atoms with E-state index in [-0.39, 0.29) is 30.2 Å². The molecule has 0 aromatic heterocycles. The summed E-state index contributed by atoms with van der Waals surface area (Å²) in [5.41, 5.74) is 1.50. The predicted molar refractivity (Wildman–Crippen MR) is 99.9 cm³/mol. The Morgan fingerprint density at radius 2 is 1.88 bits per heavy atom. The summed E-state index contributed by atoms with van der Waals surface area (Å²) in [6.07, 6.45) is 4.73. The van der Waals surface area contributed by atoms with Gasteiger partial charge in [0, 0.05) is 42.1 Å². The Balaban J connectivity index is 2.01. The zero-order valence-corrected chi connectivity index (χ0v) is 15.3. The molecule has 26 heavy (non-hydrogen) atoms. The van der Waals surface area contributed by atoms with E-state index in [2.05, 4.69) is 5.32 Å². The lowest BCUT2D eigenvalue weighted by Gasteiger charge is -2.35. The highest BCUT2D eigenvalue weighted by Gasteiger charge is 2.27. The molecule has 0 aliphatic carbocycles. The SMILES string of the molecule is CC(=O)c1ccc(NC(=O)/C=C(/C)C(=O)N2CCCCC2CCO)cc1. The van der Waals surface area contributed by atoms with Gasteiger partial charge in [0.2, 0.25) is 11.8 Å². The topological polar surface area (TPSA) is 86.7 Å². The number of aliphatic hydroxyl groups excluding tert-OH is 1. The summed E-state index contributed by atoms with van der Waals surface area (Å²) in [5, 5.41) is 11.9. The zero-order valence-electron chi connectivity index (χ0n) is 15.3. The fourth-order valence-corrected chi connectivity index (χ4v) is 3.17. The monoisotopic (exact) mass is 358 g/mol. The average Bonchev–Trinajstić information content (AvgIpc) is 2.62. The molecule has 0 spiro atoms. The van der Waals surface area contributed by atoms with Gasteiger partial charge in [0.15, 0.2) is 5.78 Å². The predicted octanol–water partition coefficient (Wildman–Crippen LogP) is 2.54. The first-order valence-electron chi connectivity index (χ1n) is 8.94. The summed E-state index contributed by atoms with van der Waals surface area (Å²) < 4.78 is 0. The lowest BCUT2D eigenvalue weighted by atomic mass is 9.98. The van der Waals surface area contributed by atoms with E-state index in [1.54, 1.807) is 36.1 Å². The fraction of sp³-hybridized carbons (Fsp3) is 0.450. The quantitative estimate of drug-likeness (QED) is 0.604. The van der Waals surface area contributed by atoms with Gasteiger partial charge in [-0.3, -0.25) is 14.4 Å². The number of hydrogen-bond donors (Lipinski definition) is 2. The molecule has 2 amide bonds. The van der Waals surface area contributed by atoms with Crippen LogP contribution in [0, 0.1) is 0 Å². The maximum Gasteiger partial charge on any atom is 0.249 e. The van der Waals surface area contributed by atoms with Gasteiger partial charge < -0.3 is 15.3 Å². The Hall–Kier alpha value is -2.47. The summed E-state index contributed by atoms with van der Waals surface area (Å²) in [6.45, 7) is 3.82. The van der Waals surface area contributed by atoms with E-state index >= 15 is 0 Å². The normalized spacial score (nSPS) is 17.7. The molecule has 0 saturated carbocycles. The highest BCUT2D eigenvalue weighted by Crippen LogP contribution is 2.21. The number of nitrogens with one attached hydrogen (secondary N) is 1. The second-order valence-electron chi connectivity index (χ2n) is 6.61. The number of hydrogen-bond acceptors (Lipinski definition) is 4. The van der Waals surface area contributed by atoms with Crippen LogP contribution in [0.1, 0.15) is 49.9 Å². The number of piperidine rings is 1. The summed E-state index contributed by atoms with van der Waals surface area (Å²) in [4.78, 5) is 37.9. The molecule has 1 aromatic rings. The van der Waals surface area contributed by atoms with Gasteiger partial charge >= 0.3 is 0 Å². The molecule has 1 heterocycles. The van der Waals surface area contributed by atoms with Gasteiger partial charge in [-0.05, 0) is 63.8 Å². The number of ketones is 1. The molecule has 6 nitrogen and oxygen atoms in total.